The second-order valence-corrected chi connectivity index (χ2v) is 5.30. The van der Waals surface area contributed by atoms with Gasteiger partial charge in [0.1, 0.15) is 5.60 Å². The summed E-state index contributed by atoms with van der Waals surface area (Å²) in [6.07, 6.45) is 2.24. The second-order valence-electron chi connectivity index (χ2n) is 5.30. The van der Waals surface area contributed by atoms with E-state index in [1.165, 1.54) is 0 Å². The standard InChI is InChI=1S/C14H18O3/c1-13(2,12(15)16)14(17)9-5-7-10-6-3-4-8-11(10)14/h3-4,6,8,17H,5,7,9H2,1-2H3,(H,15,16). The highest BCUT2D eigenvalue weighted by molar-refractivity contribution is 5.76. The van der Waals surface area contributed by atoms with Crippen LogP contribution in [0.1, 0.15) is 37.8 Å². The fourth-order valence-electron chi connectivity index (χ4n) is 2.64. The molecule has 1 aliphatic rings. The molecule has 1 aromatic rings. The molecule has 0 bridgehead atoms. The van der Waals surface area contributed by atoms with Crippen molar-refractivity contribution in [3.05, 3.63) is 35.4 Å². The van der Waals surface area contributed by atoms with E-state index in [2.05, 4.69) is 0 Å². The SMILES string of the molecule is CC(C)(C(=O)O)C1(O)CCCc2ccccc21. The summed E-state index contributed by atoms with van der Waals surface area (Å²) >= 11 is 0. The first-order chi connectivity index (χ1) is 7.89. The maximum absolute atomic E-state index is 11.4. The molecule has 0 radical (unpaired) electrons. The molecule has 17 heavy (non-hydrogen) atoms. The third kappa shape index (κ3) is 1.65. The van der Waals surface area contributed by atoms with Crippen molar-refractivity contribution in [3.63, 3.8) is 0 Å². The Balaban J connectivity index is 2.57. The van der Waals surface area contributed by atoms with Gasteiger partial charge in [0.2, 0.25) is 0 Å². The molecule has 1 unspecified atom stereocenters. The fourth-order valence-corrected chi connectivity index (χ4v) is 2.64. The first-order valence-corrected chi connectivity index (χ1v) is 5.94. The van der Waals surface area contributed by atoms with Crippen molar-refractivity contribution < 1.29 is 15.0 Å². The van der Waals surface area contributed by atoms with Crippen LogP contribution in [0, 0.1) is 5.41 Å². The molecular formula is C14H18O3. The van der Waals surface area contributed by atoms with Crippen molar-refractivity contribution in [1.82, 2.24) is 0 Å². The van der Waals surface area contributed by atoms with Crippen LogP contribution in [0.2, 0.25) is 0 Å². The van der Waals surface area contributed by atoms with E-state index >= 15 is 0 Å². The van der Waals surface area contributed by atoms with Gasteiger partial charge < -0.3 is 10.2 Å². The van der Waals surface area contributed by atoms with Gasteiger partial charge in [-0.25, -0.2) is 0 Å². The van der Waals surface area contributed by atoms with Crippen LogP contribution >= 0.6 is 0 Å². The van der Waals surface area contributed by atoms with Gasteiger partial charge in [0.15, 0.2) is 0 Å². The topological polar surface area (TPSA) is 57.5 Å². The summed E-state index contributed by atoms with van der Waals surface area (Å²) < 4.78 is 0. The van der Waals surface area contributed by atoms with E-state index in [4.69, 9.17) is 0 Å². The van der Waals surface area contributed by atoms with Crippen molar-refractivity contribution in [1.29, 1.82) is 0 Å². The van der Waals surface area contributed by atoms with Gasteiger partial charge >= 0.3 is 5.97 Å². The molecule has 92 valence electrons. The molecule has 1 aromatic carbocycles. The third-order valence-corrected chi connectivity index (χ3v) is 4.02. The molecule has 0 aliphatic heterocycles. The van der Waals surface area contributed by atoms with Crippen LogP contribution in [-0.2, 0) is 16.8 Å². The molecular weight excluding hydrogens is 216 g/mol. The summed E-state index contributed by atoms with van der Waals surface area (Å²) in [5.41, 5.74) is -0.605. The zero-order valence-electron chi connectivity index (χ0n) is 10.2. The number of benzene rings is 1. The number of aliphatic carboxylic acids is 1. The van der Waals surface area contributed by atoms with Crippen molar-refractivity contribution in [3.8, 4) is 0 Å². The molecule has 0 heterocycles. The molecule has 2 rings (SSSR count). The molecule has 0 aromatic heterocycles. The van der Waals surface area contributed by atoms with Gasteiger partial charge in [0.25, 0.3) is 0 Å². The van der Waals surface area contributed by atoms with Crippen molar-refractivity contribution in [2.45, 2.75) is 38.7 Å². The van der Waals surface area contributed by atoms with Gasteiger partial charge in [-0.3, -0.25) is 4.79 Å². The van der Waals surface area contributed by atoms with E-state index in [1.54, 1.807) is 13.8 Å². The summed E-state index contributed by atoms with van der Waals surface area (Å²) in [4.78, 5) is 11.4. The van der Waals surface area contributed by atoms with E-state index in [0.717, 1.165) is 24.0 Å². The highest BCUT2D eigenvalue weighted by atomic mass is 16.4. The molecule has 0 saturated heterocycles. The van der Waals surface area contributed by atoms with E-state index in [1.807, 2.05) is 24.3 Å². The lowest BCUT2D eigenvalue weighted by Crippen LogP contribution is -2.49. The van der Waals surface area contributed by atoms with Gasteiger partial charge in [-0.2, -0.15) is 0 Å². The van der Waals surface area contributed by atoms with Gasteiger partial charge in [-0.05, 0) is 44.2 Å². The summed E-state index contributed by atoms with van der Waals surface area (Å²) in [5.74, 6) is -0.961. The average Bonchev–Trinajstić information content (AvgIpc) is 2.29. The molecule has 2 N–H and O–H groups in total. The smallest absolute Gasteiger partial charge is 0.312 e. The largest absolute Gasteiger partial charge is 0.481 e. The number of carboxylic acid groups (broad SMARTS) is 1. The van der Waals surface area contributed by atoms with E-state index in [9.17, 15) is 15.0 Å². The molecule has 1 atom stereocenters. The Morgan fingerprint density at radius 1 is 1.35 bits per heavy atom. The summed E-state index contributed by atoms with van der Waals surface area (Å²) in [6.45, 7) is 3.19. The van der Waals surface area contributed by atoms with Gasteiger partial charge in [-0.1, -0.05) is 24.3 Å². The van der Waals surface area contributed by atoms with Crippen LogP contribution in [0.25, 0.3) is 0 Å². The first kappa shape index (κ1) is 12.1. The Morgan fingerprint density at radius 2 is 2.00 bits per heavy atom. The van der Waals surface area contributed by atoms with Crippen LogP contribution < -0.4 is 0 Å². The minimum atomic E-state index is -1.27. The fraction of sp³-hybridized carbons (Fsp3) is 0.500. The predicted octanol–water partition coefficient (Wildman–Crippen LogP) is 2.32. The Kier molecular flexibility index (Phi) is 2.74. The molecule has 0 fully saturated rings. The molecule has 1 aliphatic carbocycles. The monoisotopic (exact) mass is 234 g/mol. The molecule has 0 saturated carbocycles. The third-order valence-electron chi connectivity index (χ3n) is 4.02. The number of carboxylic acids is 1. The minimum Gasteiger partial charge on any atom is -0.481 e. The van der Waals surface area contributed by atoms with E-state index in [0.29, 0.717) is 6.42 Å². The summed E-state index contributed by atoms with van der Waals surface area (Å²) in [6, 6.07) is 7.60. The number of carbonyl (C=O) groups is 1. The molecule has 3 nitrogen and oxygen atoms in total. The second kappa shape index (κ2) is 3.84. The maximum atomic E-state index is 11.4. The Bertz CT molecular complexity index is 451. The quantitative estimate of drug-likeness (QED) is 0.825. The highest BCUT2D eigenvalue weighted by Crippen LogP contribution is 2.47. The van der Waals surface area contributed by atoms with Crippen molar-refractivity contribution >= 4 is 5.97 Å². The van der Waals surface area contributed by atoms with E-state index in [-0.39, 0.29) is 0 Å². The lowest BCUT2D eigenvalue weighted by Gasteiger charge is -2.43. The number of aryl methyl sites for hydroxylation is 1. The lowest BCUT2D eigenvalue weighted by molar-refractivity contribution is -0.168. The van der Waals surface area contributed by atoms with Gasteiger partial charge in [0, 0.05) is 0 Å². The van der Waals surface area contributed by atoms with Gasteiger partial charge in [0.05, 0.1) is 5.41 Å². The highest BCUT2D eigenvalue weighted by Gasteiger charge is 2.51. The average molecular weight is 234 g/mol. The zero-order valence-corrected chi connectivity index (χ0v) is 10.2. The van der Waals surface area contributed by atoms with Crippen molar-refractivity contribution in [2.75, 3.05) is 0 Å². The van der Waals surface area contributed by atoms with Crippen LogP contribution in [0.5, 0.6) is 0 Å². The number of rotatable bonds is 2. The number of hydrogen-bond acceptors (Lipinski definition) is 2. The molecule has 0 amide bonds. The van der Waals surface area contributed by atoms with Crippen LogP contribution in [0.3, 0.4) is 0 Å². The minimum absolute atomic E-state index is 0.503. The summed E-state index contributed by atoms with van der Waals surface area (Å²) in [7, 11) is 0. The lowest BCUT2D eigenvalue weighted by atomic mass is 9.64. The number of hydrogen-bond donors (Lipinski definition) is 2. The first-order valence-electron chi connectivity index (χ1n) is 5.94. The van der Waals surface area contributed by atoms with Gasteiger partial charge in [-0.15, -0.1) is 0 Å². The van der Waals surface area contributed by atoms with E-state index < -0.39 is 17.0 Å². The van der Waals surface area contributed by atoms with Crippen molar-refractivity contribution in [2.24, 2.45) is 5.41 Å². The Hall–Kier alpha value is -1.35. The van der Waals surface area contributed by atoms with Crippen LogP contribution in [0.15, 0.2) is 24.3 Å². The normalized spacial score (nSPS) is 24.2. The predicted molar refractivity (Wildman–Crippen MR) is 64.7 cm³/mol. The van der Waals surface area contributed by atoms with Crippen LogP contribution in [0.4, 0.5) is 0 Å². The number of aliphatic hydroxyl groups is 1. The Labute approximate surface area is 101 Å². The van der Waals surface area contributed by atoms with Crippen LogP contribution in [-0.4, -0.2) is 16.2 Å². The number of fused-ring (bicyclic) bond motifs is 1. The Morgan fingerprint density at radius 3 is 2.65 bits per heavy atom. The molecule has 0 spiro atoms. The zero-order chi connectivity index (χ0) is 12.7. The maximum Gasteiger partial charge on any atom is 0.312 e. The molecule has 3 heteroatoms. The summed E-state index contributed by atoms with van der Waals surface area (Å²) in [5, 5.41) is 20.2.